The van der Waals surface area contributed by atoms with Crippen LogP contribution < -0.4 is 10.6 Å². The summed E-state index contributed by atoms with van der Waals surface area (Å²) in [5.41, 5.74) is 4.50. The fraction of sp³-hybridized carbons (Fsp3) is 0.333. The number of benzene rings is 2. The van der Waals surface area contributed by atoms with Crippen LogP contribution in [0.25, 0.3) is 5.69 Å². The number of hydrogen-bond donors (Lipinski definition) is 2. The highest BCUT2D eigenvalue weighted by molar-refractivity contribution is 5.73. The molecule has 2 N–H and O–H groups in total. The molecule has 0 fully saturated rings. The summed E-state index contributed by atoms with van der Waals surface area (Å²) < 4.78 is 1.85. The van der Waals surface area contributed by atoms with Gasteiger partial charge in [-0.3, -0.25) is 4.90 Å². The van der Waals surface area contributed by atoms with E-state index in [0.717, 1.165) is 42.9 Å². The maximum atomic E-state index is 12.1. The Kier molecular flexibility index (Phi) is 8.03. The highest BCUT2D eigenvalue weighted by Crippen LogP contribution is 2.09. The largest absolute Gasteiger partial charge is 0.338 e. The van der Waals surface area contributed by atoms with E-state index in [2.05, 4.69) is 58.7 Å². The molecule has 0 saturated carbocycles. The zero-order valence-corrected chi connectivity index (χ0v) is 17.8. The average molecular weight is 406 g/mol. The van der Waals surface area contributed by atoms with Crippen molar-refractivity contribution in [2.75, 3.05) is 19.6 Å². The Morgan fingerprint density at radius 1 is 0.933 bits per heavy atom. The number of carbonyl (C=O) groups is 1. The third kappa shape index (κ3) is 6.46. The number of urea groups is 1. The average Bonchev–Trinajstić information content (AvgIpc) is 3.26. The maximum Gasteiger partial charge on any atom is 0.315 e. The number of hydrogen-bond acceptors (Lipinski definition) is 3. The topological polar surface area (TPSA) is 62.2 Å². The monoisotopic (exact) mass is 405 g/mol. The van der Waals surface area contributed by atoms with Gasteiger partial charge in [0.15, 0.2) is 0 Å². The van der Waals surface area contributed by atoms with Gasteiger partial charge in [0.2, 0.25) is 0 Å². The predicted octanol–water partition coefficient (Wildman–Crippen LogP) is 3.76. The second kappa shape index (κ2) is 11.2. The zero-order chi connectivity index (χ0) is 21.2. The lowest BCUT2D eigenvalue weighted by Gasteiger charge is -2.18. The molecule has 0 spiro atoms. The first kappa shape index (κ1) is 21.6. The molecule has 0 unspecified atom stereocenters. The molecule has 158 valence electrons. The molecule has 0 radical (unpaired) electrons. The molecule has 0 aliphatic heterocycles. The van der Waals surface area contributed by atoms with Crippen molar-refractivity contribution in [1.29, 1.82) is 0 Å². The summed E-state index contributed by atoms with van der Waals surface area (Å²) in [5, 5.41) is 10.2. The molecule has 0 aliphatic carbocycles. The molecule has 0 saturated heterocycles. The molecule has 0 aliphatic rings. The standard InChI is InChI=1S/C24H31N5O/c1-3-28(4-2)18-21-12-10-20(11-13-21)16-26-24(30)25-15-14-22-17-27-29(19-22)23-8-6-5-7-9-23/h5-13,17,19H,3-4,14-16,18H2,1-2H3,(H2,25,26,30). The van der Waals surface area contributed by atoms with E-state index in [1.807, 2.05) is 47.4 Å². The van der Waals surface area contributed by atoms with Crippen LogP contribution in [-0.2, 0) is 19.5 Å². The van der Waals surface area contributed by atoms with Gasteiger partial charge in [0.1, 0.15) is 0 Å². The lowest BCUT2D eigenvalue weighted by molar-refractivity contribution is 0.240. The minimum Gasteiger partial charge on any atom is -0.338 e. The number of nitrogens with zero attached hydrogens (tertiary/aromatic N) is 3. The van der Waals surface area contributed by atoms with Gasteiger partial charge in [0, 0.05) is 25.8 Å². The van der Waals surface area contributed by atoms with Crippen LogP contribution in [0.1, 0.15) is 30.5 Å². The molecule has 1 heterocycles. The summed E-state index contributed by atoms with van der Waals surface area (Å²) >= 11 is 0. The number of nitrogens with one attached hydrogen (secondary N) is 2. The Hall–Kier alpha value is -3.12. The van der Waals surface area contributed by atoms with Gasteiger partial charge in [-0.05, 0) is 48.3 Å². The van der Waals surface area contributed by atoms with E-state index in [-0.39, 0.29) is 6.03 Å². The van der Waals surface area contributed by atoms with E-state index in [1.54, 1.807) is 0 Å². The van der Waals surface area contributed by atoms with Crippen molar-refractivity contribution < 1.29 is 4.79 Å². The van der Waals surface area contributed by atoms with Crippen molar-refractivity contribution in [3.05, 3.63) is 83.7 Å². The third-order valence-electron chi connectivity index (χ3n) is 5.13. The molecule has 1 aromatic heterocycles. The summed E-state index contributed by atoms with van der Waals surface area (Å²) in [7, 11) is 0. The van der Waals surface area contributed by atoms with Crippen molar-refractivity contribution in [2.24, 2.45) is 0 Å². The smallest absolute Gasteiger partial charge is 0.315 e. The van der Waals surface area contributed by atoms with Crippen LogP contribution in [0.2, 0.25) is 0 Å². The van der Waals surface area contributed by atoms with Crippen LogP contribution in [0.3, 0.4) is 0 Å². The van der Waals surface area contributed by atoms with E-state index >= 15 is 0 Å². The first-order valence-electron chi connectivity index (χ1n) is 10.6. The number of para-hydroxylation sites is 1. The van der Waals surface area contributed by atoms with Gasteiger partial charge >= 0.3 is 6.03 Å². The molecular weight excluding hydrogens is 374 g/mol. The molecule has 0 bridgehead atoms. The van der Waals surface area contributed by atoms with E-state index in [4.69, 9.17) is 0 Å². The van der Waals surface area contributed by atoms with E-state index < -0.39 is 0 Å². The van der Waals surface area contributed by atoms with Gasteiger partial charge in [0.05, 0.1) is 11.9 Å². The minimum atomic E-state index is -0.155. The van der Waals surface area contributed by atoms with Crippen LogP contribution >= 0.6 is 0 Å². The summed E-state index contributed by atoms with van der Waals surface area (Å²) in [4.78, 5) is 14.5. The SMILES string of the molecule is CCN(CC)Cc1ccc(CNC(=O)NCCc2cnn(-c3ccccc3)c2)cc1. The molecule has 6 nitrogen and oxygen atoms in total. The fourth-order valence-electron chi connectivity index (χ4n) is 3.24. The highest BCUT2D eigenvalue weighted by atomic mass is 16.2. The zero-order valence-electron chi connectivity index (χ0n) is 17.8. The van der Waals surface area contributed by atoms with E-state index in [9.17, 15) is 4.79 Å². The Bertz CT molecular complexity index is 901. The molecule has 30 heavy (non-hydrogen) atoms. The van der Waals surface area contributed by atoms with Crippen molar-refractivity contribution in [2.45, 2.75) is 33.4 Å². The minimum absolute atomic E-state index is 0.155. The summed E-state index contributed by atoms with van der Waals surface area (Å²) in [6.45, 7) is 8.49. The maximum absolute atomic E-state index is 12.1. The van der Waals surface area contributed by atoms with Crippen LogP contribution in [0.15, 0.2) is 67.0 Å². The molecule has 0 atom stereocenters. The summed E-state index contributed by atoms with van der Waals surface area (Å²) in [6, 6.07) is 18.3. The Morgan fingerprint density at radius 3 is 2.33 bits per heavy atom. The van der Waals surface area contributed by atoms with Crippen LogP contribution in [-0.4, -0.2) is 40.3 Å². The quantitative estimate of drug-likeness (QED) is 0.540. The Morgan fingerprint density at radius 2 is 1.63 bits per heavy atom. The van der Waals surface area contributed by atoms with Gasteiger partial charge in [-0.25, -0.2) is 9.48 Å². The van der Waals surface area contributed by atoms with Gasteiger partial charge in [-0.2, -0.15) is 5.10 Å². The van der Waals surface area contributed by atoms with Gasteiger partial charge in [-0.15, -0.1) is 0 Å². The first-order chi connectivity index (χ1) is 14.7. The van der Waals surface area contributed by atoms with Gasteiger partial charge in [0.25, 0.3) is 0 Å². The lowest BCUT2D eigenvalue weighted by atomic mass is 10.1. The van der Waals surface area contributed by atoms with E-state index in [1.165, 1.54) is 5.56 Å². The van der Waals surface area contributed by atoms with Crippen molar-refractivity contribution in [3.63, 3.8) is 0 Å². The number of carbonyl (C=O) groups excluding carboxylic acids is 1. The normalized spacial score (nSPS) is 10.9. The molecule has 3 aromatic rings. The van der Waals surface area contributed by atoms with Crippen molar-refractivity contribution in [1.82, 2.24) is 25.3 Å². The van der Waals surface area contributed by atoms with Crippen molar-refractivity contribution in [3.8, 4) is 5.69 Å². The lowest BCUT2D eigenvalue weighted by Crippen LogP contribution is -2.36. The second-order valence-electron chi connectivity index (χ2n) is 7.27. The second-order valence-corrected chi connectivity index (χ2v) is 7.27. The summed E-state index contributed by atoms with van der Waals surface area (Å²) in [5.74, 6) is 0. The van der Waals surface area contributed by atoms with E-state index in [0.29, 0.717) is 13.1 Å². The first-order valence-corrected chi connectivity index (χ1v) is 10.6. The van der Waals surface area contributed by atoms with Crippen LogP contribution in [0.5, 0.6) is 0 Å². The highest BCUT2D eigenvalue weighted by Gasteiger charge is 2.04. The summed E-state index contributed by atoms with van der Waals surface area (Å²) in [6.07, 6.45) is 4.57. The molecule has 2 aromatic carbocycles. The fourth-order valence-corrected chi connectivity index (χ4v) is 3.24. The molecular formula is C24H31N5O. The molecule has 3 rings (SSSR count). The number of aromatic nitrogens is 2. The van der Waals surface area contributed by atoms with Crippen molar-refractivity contribution >= 4 is 6.03 Å². The Labute approximate surface area is 178 Å². The molecule has 6 heteroatoms. The van der Waals surface area contributed by atoms with Crippen LogP contribution in [0, 0.1) is 0 Å². The van der Waals surface area contributed by atoms with Gasteiger partial charge in [-0.1, -0.05) is 56.3 Å². The number of amides is 2. The number of rotatable bonds is 10. The predicted molar refractivity (Wildman–Crippen MR) is 121 cm³/mol. The third-order valence-corrected chi connectivity index (χ3v) is 5.13. The van der Waals surface area contributed by atoms with Crippen LogP contribution in [0.4, 0.5) is 4.79 Å². The Balaban J connectivity index is 1.38. The molecule has 2 amide bonds. The van der Waals surface area contributed by atoms with Gasteiger partial charge < -0.3 is 10.6 Å².